The summed E-state index contributed by atoms with van der Waals surface area (Å²) in [6.45, 7) is 2.61. The standard InChI is InChI=1S/C20H20N2O4S2/c1-2-26-17-8-4-7-16(13-17)22-20(23)15-6-3-10-19(12-15)28(24,25)21-14-18-9-5-11-27-18/h3-13,21H,2,14H2,1H3,(H,22,23). The third-order valence-electron chi connectivity index (χ3n) is 3.83. The molecule has 0 spiro atoms. The Bertz CT molecular complexity index is 1050. The fourth-order valence-corrected chi connectivity index (χ4v) is 4.29. The highest BCUT2D eigenvalue weighted by Gasteiger charge is 2.16. The summed E-state index contributed by atoms with van der Waals surface area (Å²) in [4.78, 5) is 13.5. The molecule has 2 aromatic carbocycles. The van der Waals surface area contributed by atoms with Gasteiger partial charge >= 0.3 is 0 Å². The zero-order chi connectivity index (χ0) is 20.0. The third kappa shape index (κ3) is 5.19. The van der Waals surface area contributed by atoms with Crippen molar-refractivity contribution in [3.05, 3.63) is 76.5 Å². The molecule has 2 N–H and O–H groups in total. The number of nitrogens with one attached hydrogen (secondary N) is 2. The monoisotopic (exact) mass is 416 g/mol. The van der Waals surface area contributed by atoms with E-state index in [1.54, 1.807) is 36.4 Å². The molecule has 0 unspecified atom stereocenters. The molecule has 1 heterocycles. The number of benzene rings is 2. The zero-order valence-corrected chi connectivity index (χ0v) is 16.8. The Hall–Kier alpha value is -2.68. The largest absolute Gasteiger partial charge is 0.494 e. The summed E-state index contributed by atoms with van der Waals surface area (Å²) in [7, 11) is -3.72. The number of carbonyl (C=O) groups is 1. The van der Waals surface area contributed by atoms with Gasteiger partial charge in [-0.1, -0.05) is 18.2 Å². The number of hydrogen-bond donors (Lipinski definition) is 2. The number of ether oxygens (including phenoxy) is 1. The van der Waals surface area contributed by atoms with E-state index in [1.165, 1.54) is 23.5 Å². The quantitative estimate of drug-likeness (QED) is 0.584. The Labute approximate surface area is 168 Å². The predicted octanol–water partition coefficient (Wildman–Crippen LogP) is 3.88. The Morgan fingerprint density at radius 3 is 2.64 bits per heavy atom. The molecule has 1 amide bonds. The molecule has 0 radical (unpaired) electrons. The highest BCUT2D eigenvalue weighted by Crippen LogP contribution is 2.19. The minimum Gasteiger partial charge on any atom is -0.494 e. The Morgan fingerprint density at radius 2 is 1.89 bits per heavy atom. The van der Waals surface area contributed by atoms with Crippen molar-refractivity contribution in [3.8, 4) is 5.75 Å². The van der Waals surface area contributed by atoms with Crippen LogP contribution < -0.4 is 14.8 Å². The fraction of sp³-hybridized carbons (Fsp3) is 0.150. The minimum atomic E-state index is -3.72. The lowest BCUT2D eigenvalue weighted by molar-refractivity contribution is 0.102. The fourth-order valence-electron chi connectivity index (χ4n) is 2.50. The molecule has 0 atom stereocenters. The highest BCUT2D eigenvalue weighted by atomic mass is 32.2. The highest BCUT2D eigenvalue weighted by molar-refractivity contribution is 7.89. The Balaban J connectivity index is 1.73. The first-order valence-electron chi connectivity index (χ1n) is 8.64. The SMILES string of the molecule is CCOc1cccc(NC(=O)c2cccc(S(=O)(=O)NCc3cccs3)c2)c1. The molecule has 0 fully saturated rings. The van der Waals surface area contributed by atoms with Crippen LogP contribution >= 0.6 is 11.3 Å². The van der Waals surface area contributed by atoms with E-state index < -0.39 is 15.9 Å². The summed E-state index contributed by atoms with van der Waals surface area (Å²) in [5, 5.41) is 4.64. The van der Waals surface area contributed by atoms with E-state index in [9.17, 15) is 13.2 Å². The number of rotatable bonds is 8. The van der Waals surface area contributed by atoms with E-state index in [2.05, 4.69) is 10.0 Å². The molecule has 0 saturated carbocycles. The maximum atomic E-state index is 12.5. The molecule has 1 aromatic heterocycles. The van der Waals surface area contributed by atoms with Crippen molar-refractivity contribution in [2.24, 2.45) is 0 Å². The van der Waals surface area contributed by atoms with Crippen LogP contribution in [0.5, 0.6) is 5.75 Å². The number of thiophene rings is 1. The van der Waals surface area contributed by atoms with Gasteiger partial charge in [0, 0.05) is 28.7 Å². The molecule has 0 aliphatic carbocycles. The molecule has 8 heteroatoms. The van der Waals surface area contributed by atoms with Gasteiger partial charge in [0.15, 0.2) is 0 Å². The van der Waals surface area contributed by atoms with Gasteiger partial charge in [-0.3, -0.25) is 4.79 Å². The van der Waals surface area contributed by atoms with Gasteiger partial charge < -0.3 is 10.1 Å². The van der Waals surface area contributed by atoms with E-state index in [4.69, 9.17) is 4.74 Å². The van der Waals surface area contributed by atoms with Crippen LogP contribution in [-0.2, 0) is 16.6 Å². The molecule has 28 heavy (non-hydrogen) atoms. The van der Waals surface area contributed by atoms with Gasteiger partial charge in [0.2, 0.25) is 10.0 Å². The maximum Gasteiger partial charge on any atom is 0.255 e. The van der Waals surface area contributed by atoms with E-state index >= 15 is 0 Å². The molecule has 0 aliphatic rings. The molecule has 0 saturated heterocycles. The summed E-state index contributed by atoms with van der Waals surface area (Å²) in [5.41, 5.74) is 0.820. The average molecular weight is 417 g/mol. The number of carbonyl (C=O) groups excluding carboxylic acids is 1. The molecule has 0 aliphatic heterocycles. The lowest BCUT2D eigenvalue weighted by Crippen LogP contribution is -2.23. The first kappa shape index (κ1) is 20.1. The first-order valence-corrected chi connectivity index (χ1v) is 11.0. The van der Waals surface area contributed by atoms with Gasteiger partial charge in [0.1, 0.15) is 5.75 Å². The molecule has 3 aromatic rings. The van der Waals surface area contributed by atoms with Gasteiger partial charge in [-0.25, -0.2) is 13.1 Å². The normalized spacial score (nSPS) is 11.2. The third-order valence-corrected chi connectivity index (χ3v) is 6.10. The summed E-state index contributed by atoms with van der Waals surface area (Å²) >= 11 is 1.47. The van der Waals surface area contributed by atoms with Crippen molar-refractivity contribution < 1.29 is 17.9 Å². The zero-order valence-electron chi connectivity index (χ0n) is 15.2. The van der Waals surface area contributed by atoms with Crippen molar-refractivity contribution in [2.45, 2.75) is 18.4 Å². The summed E-state index contributed by atoms with van der Waals surface area (Å²) in [5.74, 6) is 0.248. The van der Waals surface area contributed by atoms with E-state index in [0.717, 1.165) is 4.88 Å². The first-order chi connectivity index (χ1) is 13.5. The van der Waals surface area contributed by atoms with E-state index in [-0.39, 0.29) is 17.0 Å². The molecule has 3 rings (SSSR count). The molecule has 146 valence electrons. The smallest absolute Gasteiger partial charge is 0.255 e. The van der Waals surface area contributed by atoms with Crippen molar-refractivity contribution in [2.75, 3.05) is 11.9 Å². The number of anilines is 1. The van der Waals surface area contributed by atoms with Gasteiger partial charge in [-0.05, 0) is 48.7 Å². The predicted molar refractivity (Wildman–Crippen MR) is 110 cm³/mol. The van der Waals surface area contributed by atoms with Crippen molar-refractivity contribution in [3.63, 3.8) is 0 Å². The van der Waals surface area contributed by atoms with Gasteiger partial charge in [0.25, 0.3) is 5.91 Å². The average Bonchev–Trinajstić information content (AvgIpc) is 3.21. The van der Waals surface area contributed by atoms with Crippen LogP contribution in [-0.4, -0.2) is 20.9 Å². The van der Waals surface area contributed by atoms with Crippen molar-refractivity contribution in [1.82, 2.24) is 4.72 Å². The van der Waals surface area contributed by atoms with Gasteiger partial charge in [-0.15, -0.1) is 11.3 Å². The lowest BCUT2D eigenvalue weighted by Gasteiger charge is -2.10. The number of hydrogen-bond acceptors (Lipinski definition) is 5. The van der Waals surface area contributed by atoms with E-state index in [0.29, 0.717) is 18.0 Å². The van der Waals surface area contributed by atoms with Crippen LogP contribution in [0, 0.1) is 0 Å². The Kier molecular flexibility index (Phi) is 6.45. The minimum absolute atomic E-state index is 0.0415. The van der Waals surface area contributed by atoms with Crippen LogP contribution in [0.2, 0.25) is 0 Å². The van der Waals surface area contributed by atoms with Crippen LogP contribution in [0.25, 0.3) is 0 Å². The van der Waals surface area contributed by atoms with Crippen molar-refractivity contribution in [1.29, 1.82) is 0 Å². The summed E-state index contributed by atoms with van der Waals surface area (Å²) in [6.07, 6.45) is 0. The van der Waals surface area contributed by atoms with Crippen LogP contribution in [0.4, 0.5) is 5.69 Å². The molecular weight excluding hydrogens is 396 g/mol. The van der Waals surface area contributed by atoms with Gasteiger partial charge in [-0.2, -0.15) is 0 Å². The number of amides is 1. The number of sulfonamides is 1. The Morgan fingerprint density at radius 1 is 1.07 bits per heavy atom. The van der Waals surface area contributed by atoms with Crippen LogP contribution in [0.3, 0.4) is 0 Å². The van der Waals surface area contributed by atoms with Crippen LogP contribution in [0.15, 0.2) is 70.9 Å². The van der Waals surface area contributed by atoms with Crippen LogP contribution in [0.1, 0.15) is 22.2 Å². The maximum absolute atomic E-state index is 12.5. The molecular formula is C20H20N2O4S2. The van der Waals surface area contributed by atoms with Gasteiger partial charge in [0.05, 0.1) is 11.5 Å². The summed E-state index contributed by atoms with van der Waals surface area (Å²) in [6, 6.07) is 16.7. The van der Waals surface area contributed by atoms with E-state index in [1.807, 2.05) is 24.4 Å². The second kappa shape index (κ2) is 9.01. The van der Waals surface area contributed by atoms with Crippen molar-refractivity contribution >= 4 is 33.0 Å². The second-order valence-corrected chi connectivity index (χ2v) is 8.65. The summed E-state index contributed by atoms with van der Waals surface area (Å²) < 4.78 is 33.0. The molecule has 6 nitrogen and oxygen atoms in total. The topological polar surface area (TPSA) is 84.5 Å². The lowest BCUT2D eigenvalue weighted by atomic mass is 10.2. The second-order valence-electron chi connectivity index (χ2n) is 5.85. The molecule has 0 bridgehead atoms.